The number of hydrogen-bond acceptors (Lipinski definition) is 4. The summed E-state index contributed by atoms with van der Waals surface area (Å²) in [5, 5.41) is 13.6. The molecule has 2 aromatic carbocycles. The number of hydrogen-bond donors (Lipinski definition) is 2. The molecule has 2 N–H and O–H groups in total. The van der Waals surface area contributed by atoms with E-state index in [1.807, 2.05) is 23.1 Å². The molecule has 0 bridgehead atoms. The van der Waals surface area contributed by atoms with Crippen molar-refractivity contribution in [1.82, 2.24) is 15.1 Å². The summed E-state index contributed by atoms with van der Waals surface area (Å²) in [6.07, 6.45) is 1.64. The summed E-state index contributed by atoms with van der Waals surface area (Å²) in [4.78, 5) is 23.3. The molecule has 0 unspecified atom stereocenters. The zero-order valence-electron chi connectivity index (χ0n) is 18.8. The highest BCUT2D eigenvalue weighted by Gasteiger charge is 2.22. The molecule has 0 aliphatic carbocycles. The molecule has 2 fully saturated rings. The zero-order valence-corrected chi connectivity index (χ0v) is 18.8. The lowest BCUT2D eigenvalue weighted by molar-refractivity contribution is -0.128. The number of nitrogens with zero attached hydrogens (tertiary/aromatic N) is 4. The Morgan fingerprint density at radius 1 is 1.03 bits per heavy atom. The summed E-state index contributed by atoms with van der Waals surface area (Å²) in [7, 11) is 0. The minimum atomic E-state index is 0.255. The fourth-order valence-corrected chi connectivity index (χ4v) is 4.40. The van der Waals surface area contributed by atoms with Crippen LogP contribution in [0.4, 0.5) is 5.69 Å². The molecule has 0 spiro atoms. The SMILES string of the molecule is CCNC(=NCc1cccc(CN2CCCC2=O)c1)N1CCN(c2ccccc2O)CC1. The van der Waals surface area contributed by atoms with Gasteiger partial charge in [-0.1, -0.05) is 36.4 Å². The van der Waals surface area contributed by atoms with Gasteiger partial charge in [0.25, 0.3) is 0 Å². The molecule has 2 aromatic rings. The molecule has 170 valence electrons. The number of rotatable bonds is 6. The Hall–Kier alpha value is -3.22. The van der Waals surface area contributed by atoms with Gasteiger partial charge in [-0.05, 0) is 36.6 Å². The van der Waals surface area contributed by atoms with Crippen molar-refractivity contribution in [3.63, 3.8) is 0 Å². The van der Waals surface area contributed by atoms with Crippen molar-refractivity contribution in [2.75, 3.05) is 44.2 Å². The number of phenolic OH excluding ortho intramolecular Hbond substituents is 1. The molecule has 32 heavy (non-hydrogen) atoms. The van der Waals surface area contributed by atoms with Gasteiger partial charge in [0.15, 0.2) is 5.96 Å². The molecule has 0 radical (unpaired) electrons. The molecular weight excluding hydrogens is 402 g/mol. The highest BCUT2D eigenvalue weighted by atomic mass is 16.3. The summed E-state index contributed by atoms with van der Waals surface area (Å²) in [6, 6.07) is 15.9. The smallest absolute Gasteiger partial charge is 0.222 e. The molecule has 0 aromatic heterocycles. The number of likely N-dealkylation sites (tertiary alicyclic amines) is 1. The third kappa shape index (κ3) is 5.33. The number of guanidine groups is 1. The fourth-order valence-electron chi connectivity index (χ4n) is 4.40. The average molecular weight is 436 g/mol. The maximum atomic E-state index is 11.9. The Labute approximate surface area is 190 Å². The van der Waals surface area contributed by atoms with E-state index in [0.29, 0.717) is 25.3 Å². The van der Waals surface area contributed by atoms with Crippen molar-refractivity contribution < 1.29 is 9.90 Å². The van der Waals surface area contributed by atoms with Gasteiger partial charge >= 0.3 is 0 Å². The Bertz CT molecular complexity index is 953. The summed E-state index contributed by atoms with van der Waals surface area (Å²) >= 11 is 0. The average Bonchev–Trinajstić information content (AvgIpc) is 3.21. The van der Waals surface area contributed by atoms with Crippen LogP contribution in [0.5, 0.6) is 5.75 Å². The van der Waals surface area contributed by atoms with Crippen LogP contribution in [-0.4, -0.2) is 66.0 Å². The molecular formula is C25H33N5O2. The number of aromatic hydroxyl groups is 1. The minimum Gasteiger partial charge on any atom is -0.506 e. The van der Waals surface area contributed by atoms with E-state index in [2.05, 4.69) is 46.3 Å². The molecule has 2 aliphatic heterocycles. The van der Waals surface area contributed by atoms with Gasteiger partial charge in [-0.15, -0.1) is 0 Å². The van der Waals surface area contributed by atoms with Crippen LogP contribution in [0.1, 0.15) is 30.9 Å². The van der Waals surface area contributed by atoms with Gasteiger partial charge in [0, 0.05) is 52.2 Å². The lowest BCUT2D eigenvalue weighted by Gasteiger charge is -2.37. The van der Waals surface area contributed by atoms with Gasteiger partial charge in [0.2, 0.25) is 5.91 Å². The normalized spacial score (nSPS) is 17.2. The van der Waals surface area contributed by atoms with E-state index in [1.54, 1.807) is 6.07 Å². The number of para-hydroxylation sites is 2. The van der Waals surface area contributed by atoms with E-state index in [1.165, 1.54) is 0 Å². The third-order valence-corrected chi connectivity index (χ3v) is 6.08. The molecule has 0 saturated carbocycles. The zero-order chi connectivity index (χ0) is 22.3. The Balaban J connectivity index is 1.38. The van der Waals surface area contributed by atoms with Gasteiger partial charge in [0.05, 0.1) is 12.2 Å². The van der Waals surface area contributed by atoms with E-state index < -0.39 is 0 Å². The van der Waals surface area contributed by atoms with Gasteiger partial charge in [0.1, 0.15) is 5.75 Å². The molecule has 2 saturated heterocycles. The van der Waals surface area contributed by atoms with Crippen molar-refractivity contribution in [3.05, 3.63) is 59.7 Å². The van der Waals surface area contributed by atoms with Crippen molar-refractivity contribution in [2.45, 2.75) is 32.9 Å². The summed E-state index contributed by atoms with van der Waals surface area (Å²) < 4.78 is 0. The largest absolute Gasteiger partial charge is 0.506 e. The van der Waals surface area contributed by atoms with E-state index in [-0.39, 0.29) is 5.91 Å². The second-order valence-corrected chi connectivity index (χ2v) is 8.37. The first-order chi connectivity index (χ1) is 15.6. The van der Waals surface area contributed by atoms with Crippen LogP contribution in [0.25, 0.3) is 0 Å². The number of phenols is 1. The fraction of sp³-hybridized carbons (Fsp3) is 0.440. The number of nitrogens with one attached hydrogen (secondary N) is 1. The molecule has 7 nitrogen and oxygen atoms in total. The monoisotopic (exact) mass is 435 g/mol. The van der Waals surface area contributed by atoms with E-state index >= 15 is 0 Å². The van der Waals surface area contributed by atoms with Gasteiger partial charge < -0.3 is 25.1 Å². The van der Waals surface area contributed by atoms with Crippen molar-refractivity contribution in [2.24, 2.45) is 4.99 Å². The Morgan fingerprint density at radius 2 is 1.81 bits per heavy atom. The second-order valence-electron chi connectivity index (χ2n) is 8.37. The number of carbonyl (C=O) groups excluding carboxylic acids is 1. The number of carbonyl (C=O) groups is 1. The van der Waals surface area contributed by atoms with Crippen LogP contribution in [0.15, 0.2) is 53.5 Å². The first kappa shape index (κ1) is 22.0. The van der Waals surface area contributed by atoms with Gasteiger partial charge in [-0.2, -0.15) is 0 Å². The molecule has 7 heteroatoms. The molecule has 1 amide bonds. The lowest BCUT2D eigenvalue weighted by atomic mass is 10.1. The quantitative estimate of drug-likeness (QED) is 0.539. The standard InChI is InChI=1S/C25H33N5O2/c1-2-26-25(29-15-13-28(14-16-29)22-9-3-4-10-23(22)31)27-18-20-7-5-8-21(17-20)19-30-12-6-11-24(30)32/h3-5,7-10,17,31H,2,6,11-16,18-19H2,1H3,(H,26,27). The van der Waals surface area contributed by atoms with Crippen LogP contribution in [0.3, 0.4) is 0 Å². The molecule has 4 rings (SSSR count). The van der Waals surface area contributed by atoms with E-state index in [0.717, 1.165) is 68.5 Å². The summed E-state index contributed by atoms with van der Waals surface area (Å²) in [6.45, 7) is 8.40. The van der Waals surface area contributed by atoms with Gasteiger partial charge in [-0.25, -0.2) is 4.99 Å². The Kier molecular flexibility index (Phi) is 7.14. The highest BCUT2D eigenvalue weighted by molar-refractivity contribution is 5.80. The first-order valence-corrected chi connectivity index (χ1v) is 11.6. The number of amides is 1. The Morgan fingerprint density at radius 3 is 2.53 bits per heavy atom. The summed E-state index contributed by atoms with van der Waals surface area (Å²) in [5.74, 6) is 1.51. The number of piperazine rings is 1. The topological polar surface area (TPSA) is 71.4 Å². The van der Waals surface area contributed by atoms with Crippen molar-refractivity contribution >= 4 is 17.6 Å². The molecule has 2 aliphatic rings. The maximum absolute atomic E-state index is 11.9. The third-order valence-electron chi connectivity index (χ3n) is 6.08. The minimum absolute atomic E-state index is 0.255. The van der Waals surface area contributed by atoms with E-state index in [4.69, 9.17) is 4.99 Å². The highest BCUT2D eigenvalue weighted by Crippen LogP contribution is 2.27. The van der Waals surface area contributed by atoms with Crippen LogP contribution in [0.2, 0.25) is 0 Å². The maximum Gasteiger partial charge on any atom is 0.222 e. The second kappa shape index (κ2) is 10.4. The van der Waals surface area contributed by atoms with Crippen LogP contribution in [-0.2, 0) is 17.9 Å². The van der Waals surface area contributed by atoms with Crippen molar-refractivity contribution in [3.8, 4) is 5.75 Å². The number of aliphatic imine (C=N–C) groups is 1. The van der Waals surface area contributed by atoms with Crippen LogP contribution in [0, 0.1) is 0 Å². The molecule has 0 atom stereocenters. The number of benzene rings is 2. The van der Waals surface area contributed by atoms with E-state index in [9.17, 15) is 9.90 Å². The van der Waals surface area contributed by atoms with Crippen LogP contribution < -0.4 is 10.2 Å². The lowest BCUT2D eigenvalue weighted by Crippen LogP contribution is -2.52. The van der Waals surface area contributed by atoms with Crippen LogP contribution >= 0.6 is 0 Å². The molecule has 2 heterocycles. The van der Waals surface area contributed by atoms with Gasteiger partial charge in [-0.3, -0.25) is 4.79 Å². The first-order valence-electron chi connectivity index (χ1n) is 11.6. The summed E-state index contributed by atoms with van der Waals surface area (Å²) in [5.41, 5.74) is 3.20. The predicted octanol–water partition coefficient (Wildman–Crippen LogP) is 2.80. The predicted molar refractivity (Wildman–Crippen MR) is 128 cm³/mol. The number of anilines is 1. The van der Waals surface area contributed by atoms with Crippen molar-refractivity contribution in [1.29, 1.82) is 0 Å².